The van der Waals surface area contributed by atoms with Crippen LogP contribution in [0.1, 0.15) is 13.8 Å². The number of hydrogen-bond acceptors (Lipinski definition) is 6. The zero-order valence-electron chi connectivity index (χ0n) is 12.2. The summed E-state index contributed by atoms with van der Waals surface area (Å²) >= 11 is 0. The minimum absolute atomic E-state index is 0.108. The molecule has 0 amide bonds. The van der Waals surface area contributed by atoms with E-state index in [-0.39, 0.29) is 6.10 Å². The lowest BCUT2D eigenvalue weighted by Crippen LogP contribution is -2.20. The first-order valence-corrected chi connectivity index (χ1v) is 6.54. The molecule has 1 rings (SSSR count). The number of nitrogens with one attached hydrogen (secondary N) is 1. The van der Waals surface area contributed by atoms with Crippen LogP contribution in [0.15, 0.2) is 12.3 Å². The Balaban J connectivity index is 2.22. The Bertz CT molecular complexity index is 358. The van der Waals surface area contributed by atoms with Gasteiger partial charge in [-0.25, -0.2) is 4.98 Å². The lowest BCUT2D eigenvalue weighted by atomic mass is 10.5. The molecule has 1 aromatic rings. The number of likely N-dealkylation sites (N-methyl/N-ethyl adjacent to an activating group) is 1. The largest absolute Gasteiger partial charge is 0.475 e. The number of nitrogens with zero attached hydrogens (tertiary/aromatic N) is 3. The molecular weight excluding hydrogens is 244 g/mol. The topological polar surface area (TPSA) is 59.5 Å². The van der Waals surface area contributed by atoms with E-state index in [2.05, 4.69) is 20.2 Å². The minimum atomic E-state index is 0.108. The molecule has 0 aliphatic rings. The quantitative estimate of drug-likeness (QED) is 0.680. The van der Waals surface area contributed by atoms with E-state index in [0.29, 0.717) is 25.0 Å². The summed E-state index contributed by atoms with van der Waals surface area (Å²) in [6, 6.07) is 1.75. The fourth-order valence-electron chi connectivity index (χ4n) is 1.32. The van der Waals surface area contributed by atoms with Crippen molar-refractivity contribution in [3.63, 3.8) is 0 Å². The van der Waals surface area contributed by atoms with Gasteiger partial charge in [-0.05, 0) is 27.9 Å². The Hall–Kier alpha value is -1.40. The average Bonchev–Trinajstić information content (AvgIpc) is 2.33. The van der Waals surface area contributed by atoms with Crippen molar-refractivity contribution in [2.24, 2.45) is 0 Å². The molecule has 6 nitrogen and oxygen atoms in total. The Labute approximate surface area is 115 Å². The van der Waals surface area contributed by atoms with Gasteiger partial charge in [-0.15, -0.1) is 0 Å². The van der Waals surface area contributed by atoms with Crippen LogP contribution in [0.3, 0.4) is 0 Å². The van der Waals surface area contributed by atoms with E-state index in [9.17, 15) is 0 Å². The van der Waals surface area contributed by atoms with Crippen LogP contribution >= 0.6 is 0 Å². The van der Waals surface area contributed by atoms with Crippen molar-refractivity contribution in [2.75, 3.05) is 45.7 Å². The highest BCUT2D eigenvalue weighted by Gasteiger charge is 2.01. The Morgan fingerprint density at radius 2 is 2.11 bits per heavy atom. The zero-order valence-corrected chi connectivity index (χ0v) is 12.2. The smallest absolute Gasteiger partial charge is 0.226 e. The Morgan fingerprint density at radius 1 is 1.32 bits per heavy atom. The van der Waals surface area contributed by atoms with E-state index >= 15 is 0 Å². The second-order valence-electron chi connectivity index (χ2n) is 4.73. The molecule has 1 heterocycles. The number of anilines is 1. The summed E-state index contributed by atoms with van der Waals surface area (Å²) in [6.07, 6.45) is 1.79. The number of rotatable bonds is 9. The molecule has 1 aromatic heterocycles. The maximum Gasteiger partial charge on any atom is 0.226 e. The maximum absolute atomic E-state index is 5.50. The SMILES string of the molecule is CC(C)Oc1ccnc(NCCOCCN(C)C)n1. The van der Waals surface area contributed by atoms with Crippen LogP contribution in [0.25, 0.3) is 0 Å². The Morgan fingerprint density at radius 3 is 2.79 bits per heavy atom. The van der Waals surface area contributed by atoms with Gasteiger partial charge in [0.2, 0.25) is 11.8 Å². The van der Waals surface area contributed by atoms with E-state index in [4.69, 9.17) is 9.47 Å². The van der Waals surface area contributed by atoms with Crippen LogP contribution in [0.4, 0.5) is 5.95 Å². The van der Waals surface area contributed by atoms with Crippen molar-refractivity contribution >= 4 is 5.95 Å². The first-order chi connectivity index (χ1) is 9.08. The van der Waals surface area contributed by atoms with Crippen molar-refractivity contribution in [1.29, 1.82) is 0 Å². The predicted octanol–water partition coefficient (Wildman–Crippen LogP) is 1.25. The van der Waals surface area contributed by atoms with Gasteiger partial charge in [0, 0.05) is 25.4 Å². The summed E-state index contributed by atoms with van der Waals surface area (Å²) < 4.78 is 11.0. The molecule has 0 saturated heterocycles. The number of aromatic nitrogens is 2. The van der Waals surface area contributed by atoms with Gasteiger partial charge in [-0.2, -0.15) is 4.98 Å². The molecule has 0 spiro atoms. The molecule has 1 N–H and O–H groups in total. The van der Waals surface area contributed by atoms with Crippen molar-refractivity contribution in [3.05, 3.63) is 12.3 Å². The molecule has 0 unspecified atom stereocenters. The molecule has 0 aliphatic carbocycles. The monoisotopic (exact) mass is 268 g/mol. The van der Waals surface area contributed by atoms with Crippen LogP contribution in [-0.4, -0.2) is 61.4 Å². The first kappa shape index (κ1) is 15.7. The summed E-state index contributed by atoms with van der Waals surface area (Å²) in [4.78, 5) is 10.5. The molecular formula is C13H24N4O2. The van der Waals surface area contributed by atoms with E-state index in [1.165, 1.54) is 0 Å². The fourth-order valence-corrected chi connectivity index (χ4v) is 1.32. The Kier molecular flexibility index (Phi) is 7.14. The maximum atomic E-state index is 5.50. The van der Waals surface area contributed by atoms with Crippen LogP contribution in [0.2, 0.25) is 0 Å². The predicted molar refractivity (Wildman–Crippen MR) is 75.7 cm³/mol. The summed E-state index contributed by atoms with van der Waals surface area (Å²) in [5.41, 5.74) is 0. The van der Waals surface area contributed by atoms with Crippen LogP contribution < -0.4 is 10.1 Å². The van der Waals surface area contributed by atoms with Gasteiger partial charge in [-0.1, -0.05) is 0 Å². The zero-order chi connectivity index (χ0) is 14.1. The summed E-state index contributed by atoms with van der Waals surface area (Å²) in [7, 11) is 4.05. The molecule has 6 heteroatoms. The molecule has 19 heavy (non-hydrogen) atoms. The average molecular weight is 268 g/mol. The van der Waals surface area contributed by atoms with Crippen LogP contribution in [-0.2, 0) is 4.74 Å². The third-order valence-electron chi connectivity index (χ3n) is 2.20. The van der Waals surface area contributed by atoms with Gasteiger partial charge in [0.25, 0.3) is 0 Å². The van der Waals surface area contributed by atoms with Crippen molar-refractivity contribution in [3.8, 4) is 5.88 Å². The van der Waals surface area contributed by atoms with E-state index in [0.717, 1.165) is 13.2 Å². The van der Waals surface area contributed by atoms with Gasteiger partial charge < -0.3 is 19.7 Å². The van der Waals surface area contributed by atoms with Gasteiger partial charge >= 0.3 is 0 Å². The summed E-state index contributed by atoms with van der Waals surface area (Å²) in [5, 5.41) is 3.11. The first-order valence-electron chi connectivity index (χ1n) is 6.54. The summed E-state index contributed by atoms with van der Waals surface area (Å²) in [5.74, 6) is 1.15. The third-order valence-corrected chi connectivity index (χ3v) is 2.20. The second-order valence-corrected chi connectivity index (χ2v) is 4.73. The molecule has 0 fully saturated rings. The third kappa shape index (κ3) is 7.58. The highest BCUT2D eigenvalue weighted by atomic mass is 16.5. The molecule has 0 aliphatic heterocycles. The van der Waals surface area contributed by atoms with Crippen molar-refractivity contribution < 1.29 is 9.47 Å². The fraction of sp³-hybridized carbons (Fsp3) is 0.692. The molecule has 0 radical (unpaired) electrons. The molecule has 0 atom stereocenters. The minimum Gasteiger partial charge on any atom is -0.475 e. The van der Waals surface area contributed by atoms with Crippen LogP contribution in [0.5, 0.6) is 5.88 Å². The molecule has 108 valence electrons. The van der Waals surface area contributed by atoms with Crippen LogP contribution in [0, 0.1) is 0 Å². The lowest BCUT2D eigenvalue weighted by Gasteiger charge is -2.11. The van der Waals surface area contributed by atoms with E-state index in [1.54, 1.807) is 12.3 Å². The molecule has 0 saturated carbocycles. The van der Waals surface area contributed by atoms with Crippen molar-refractivity contribution in [2.45, 2.75) is 20.0 Å². The highest BCUT2D eigenvalue weighted by molar-refractivity contribution is 5.27. The summed E-state index contributed by atoms with van der Waals surface area (Å²) in [6.45, 7) is 6.90. The molecule has 0 bridgehead atoms. The van der Waals surface area contributed by atoms with E-state index in [1.807, 2.05) is 27.9 Å². The lowest BCUT2D eigenvalue weighted by molar-refractivity contribution is 0.126. The van der Waals surface area contributed by atoms with Gasteiger partial charge in [0.15, 0.2) is 0 Å². The standard InChI is InChI=1S/C13H24N4O2/c1-11(2)19-12-5-6-14-13(16-12)15-7-9-18-10-8-17(3)4/h5-6,11H,7-10H2,1-4H3,(H,14,15,16). The van der Waals surface area contributed by atoms with E-state index < -0.39 is 0 Å². The van der Waals surface area contributed by atoms with Crippen molar-refractivity contribution in [1.82, 2.24) is 14.9 Å². The highest BCUT2D eigenvalue weighted by Crippen LogP contribution is 2.09. The normalized spacial score (nSPS) is 11.1. The molecule has 0 aromatic carbocycles. The number of hydrogen-bond donors (Lipinski definition) is 1. The van der Waals surface area contributed by atoms with Gasteiger partial charge in [0.1, 0.15) is 0 Å². The van der Waals surface area contributed by atoms with Gasteiger partial charge in [-0.3, -0.25) is 0 Å². The second kappa shape index (κ2) is 8.66. The van der Waals surface area contributed by atoms with Gasteiger partial charge in [0.05, 0.1) is 19.3 Å². The number of ether oxygens (including phenoxy) is 2.